The predicted octanol–water partition coefficient (Wildman–Crippen LogP) is 3.04. The minimum absolute atomic E-state index is 0.506. The Bertz CT molecular complexity index is 683. The van der Waals surface area contributed by atoms with Crippen molar-refractivity contribution in [3.8, 4) is 6.07 Å². The lowest BCUT2D eigenvalue weighted by atomic mass is 10.2. The third-order valence-corrected chi connectivity index (χ3v) is 3.66. The summed E-state index contributed by atoms with van der Waals surface area (Å²) in [5, 5.41) is 12.0. The minimum Gasteiger partial charge on any atom is -0.373 e. The van der Waals surface area contributed by atoms with Crippen molar-refractivity contribution in [3.63, 3.8) is 0 Å². The lowest BCUT2D eigenvalue weighted by molar-refractivity contribution is 0.916. The van der Waals surface area contributed by atoms with Gasteiger partial charge in [0.2, 0.25) is 0 Å². The second-order valence-electron chi connectivity index (χ2n) is 5.21. The van der Waals surface area contributed by atoms with Crippen LogP contribution in [0.4, 0.5) is 17.3 Å². The standard InChI is InChI=1S/C16H17N5/c1-18-14-9-15(20-16(19-14)12-5-6-12)21(2)13-7-3-11(10-17)4-8-13/h3-4,7-9,12H,5-6H2,1-2H3,(H,18,19,20). The van der Waals surface area contributed by atoms with Crippen LogP contribution in [0.15, 0.2) is 30.3 Å². The van der Waals surface area contributed by atoms with Crippen molar-refractivity contribution in [2.45, 2.75) is 18.8 Å². The first-order chi connectivity index (χ1) is 10.2. The normalized spacial score (nSPS) is 13.6. The molecule has 1 N–H and O–H groups in total. The Balaban J connectivity index is 1.94. The molecule has 0 saturated heterocycles. The van der Waals surface area contributed by atoms with Crippen LogP contribution < -0.4 is 10.2 Å². The molecule has 0 bridgehead atoms. The molecule has 1 aromatic carbocycles. The van der Waals surface area contributed by atoms with Gasteiger partial charge in [-0.05, 0) is 37.1 Å². The van der Waals surface area contributed by atoms with E-state index in [4.69, 9.17) is 5.26 Å². The molecule has 0 amide bonds. The zero-order valence-corrected chi connectivity index (χ0v) is 12.2. The van der Waals surface area contributed by atoms with Crippen molar-refractivity contribution in [1.29, 1.82) is 5.26 Å². The zero-order chi connectivity index (χ0) is 14.8. The van der Waals surface area contributed by atoms with Crippen LogP contribution in [-0.4, -0.2) is 24.1 Å². The van der Waals surface area contributed by atoms with Gasteiger partial charge in [0.25, 0.3) is 0 Å². The average Bonchev–Trinajstić information content (AvgIpc) is 3.38. The highest BCUT2D eigenvalue weighted by Gasteiger charge is 2.27. The van der Waals surface area contributed by atoms with Crippen LogP contribution in [0.5, 0.6) is 0 Å². The van der Waals surface area contributed by atoms with E-state index in [9.17, 15) is 0 Å². The molecule has 1 aliphatic rings. The number of hydrogen-bond donors (Lipinski definition) is 1. The van der Waals surface area contributed by atoms with Crippen molar-refractivity contribution in [1.82, 2.24) is 9.97 Å². The number of nitrogens with one attached hydrogen (secondary N) is 1. The Morgan fingerprint density at radius 3 is 2.52 bits per heavy atom. The monoisotopic (exact) mass is 279 g/mol. The van der Waals surface area contributed by atoms with Crippen LogP contribution in [0.1, 0.15) is 30.1 Å². The molecule has 0 unspecified atom stereocenters. The number of anilines is 3. The Labute approximate surface area is 124 Å². The van der Waals surface area contributed by atoms with E-state index < -0.39 is 0 Å². The highest BCUT2D eigenvalue weighted by molar-refractivity contribution is 5.62. The summed E-state index contributed by atoms with van der Waals surface area (Å²) >= 11 is 0. The summed E-state index contributed by atoms with van der Waals surface area (Å²) in [5.74, 6) is 3.12. The van der Waals surface area contributed by atoms with Gasteiger partial charge in [0.1, 0.15) is 17.5 Å². The molecule has 0 aliphatic heterocycles. The highest BCUT2D eigenvalue weighted by atomic mass is 15.2. The minimum atomic E-state index is 0.506. The van der Waals surface area contributed by atoms with E-state index >= 15 is 0 Å². The Morgan fingerprint density at radius 2 is 1.95 bits per heavy atom. The molecule has 1 aromatic heterocycles. The first-order valence-corrected chi connectivity index (χ1v) is 7.02. The van der Waals surface area contributed by atoms with Gasteiger partial charge in [-0.1, -0.05) is 0 Å². The van der Waals surface area contributed by atoms with Crippen LogP contribution in [0.3, 0.4) is 0 Å². The van der Waals surface area contributed by atoms with Crippen molar-refractivity contribution in [2.24, 2.45) is 0 Å². The Kier molecular flexibility index (Phi) is 3.44. The molecule has 0 atom stereocenters. The SMILES string of the molecule is CNc1cc(N(C)c2ccc(C#N)cc2)nc(C2CC2)n1. The molecule has 21 heavy (non-hydrogen) atoms. The van der Waals surface area contributed by atoms with E-state index in [0.29, 0.717) is 11.5 Å². The molecular weight excluding hydrogens is 262 g/mol. The van der Waals surface area contributed by atoms with Crippen LogP contribution in [0.2, 0.25) is 0 Å². The zero-order valence-electron chi connectivity index (χ0n) is 12.2. The fourth-order valence-corrected chi connectivity index (χ4v) is 2.17. The Morgan fingerprint density at radius 1 is 1.24 bits per heavy atom. The van der Waals surface area contributed by atoms with Gasteiger partial charge in [-0.3, -0.25) is 0 Å². The predicted molar refractivity (Wildman–Crippen MR) is 82.8 cm³/mol. The molecule has 1 fully saturated rings. The van der Waals surface area contributed by atoms with E-state index in [-0.39, 0.29) is 0 Å². The summed E-state index contributed by atoms with van der Waals surface area (Å²) in [6.45, 7) is 0. The maximum atomic E-state index is 8.86. The number of aromatic nitrogens is 2. The maximum absolute atomic E-state index is 8.86. The number of nitriles is 1. The molecular formula is C16H17N5. The lowest BCUT2D eigenvalue weighted by Gasteiger charge is -2.19. The number of rotatable bonds is 4. The highest BCUT2D eigenvalue weighted by Crippen LogP contribution is 2.39. The van der Waals surface area contributed by atoms with E-state index in [1.54, 1.807) is 0 Å². The first-order valence-electron chi connectivity index (χ1n) is 7.02. The summed E-state index contributed by atoms with van der Waals surface area (Å²) < 4.78 is 0. The molecule has 5 nitrogen and oxygen atoms in total. The number of hydrogen-bond acceptors (Lipinski definition) is 5. The molecule has 106 valence electrons. The fourth-order valence-electron chi connectivity index (χ4n) is 2.17. The van der Waals surface area contributed by atoms with E-state index in [0.717, 1.165) is 23.1 Å². The van der Waals surface area contributed by atoms with E-state index in [1.165, 1.54) is 12.8 Å². The molecule has 5 heteroatoms. The molecule has 0 spiro atoms. The van der Waals surface area contributed by atoms with Gasteiger partial charge in [-0.15, -0.1) is 0 Å². The van der Waals surface area contributed by atoms with Gasteiger partial charge >= 0.3 is 0 Å². The van der Waals surface area contributed by atoms with Crippen LogP contribution >= 0.6 is 0 Å². The third-order valence-electron chi connectivity index (χ3n) is 3.66. The molecule has 3 rings (SSSR count). The summed E-state index contributed by atoms with van der Waals surface area (Å²) in [6, 6.07) is 11.5. The summed E-state index contributed by atoms with van der Waals surface area (Å²) in [6.07, 6.45) is 2.35. The van der Waals surface area contributed by atoms with Crippen molar-refractivity contribution < 1.29 is 0 Å². The van der Waals surface area contributed by atoms with E-state index in [2.05, 4.69) is 21.4 Å². The van der Waals surface area contributed by atoms with Gasteiger partial charge < -0.3 is 10.2 Å². The quantitative estimate of drug-likeness (QED) is 0.932. The third kappa shape index (κ3) is 2.79. The summed E-state index contributed by atoms with van der Waals surface area (Å²) in [4.78, 5) is 11.2. The average molecular weight is 279 g/mol. The van der Waals surface area contributed by atoms with Gasteiger partial charge in [-0.25, -0.2) is 9.97 Å². The van der Waals surface area contributed by atoms with Crippen LogP contribution in [0.25, 0.3) is 0 Å². The smallest absolute Gasteiger partial charge is 0.138 e. The first kappa shape index (κ1) is 13.4. The van der Waals surface area contributed by atoms with Crippen molar-refractivity contribution >= 4 is 17.3 Å². The maximum Gasteiger partial charge on any atom is 0.138 e. The van der Waals surface area contributed by atoms with Gasteiger partial charge in [0.05, 0.1) is 11.6 Å². The van der Waals surface area contributed by atoms with Gasteiger partial charge in [-0.2, -0.15) is 5.26 Å². The number of benzene rings is 1. The molecule has 1 heterocycles. The van der Waals surface area contributed by atoms with Crippen LogP contribution in [-0.2, 0) is 0 Å². The van der Waals surface area contributed by atoms with Gasteiger partial charge in [0.15, 0.2) is 0 Å². The second-order valence-corrected chi connectivity index (χ2v) is 5.21. The Hall–Kier alpha value is -2.61. The second kappa shape index (κ2) is 5.41. The van der Waals surface area contributed by atoms with Gasteiger partial charge in [0, 0.05) is 31.8 Å². The molecule has 1 saturated carbocycles. The summed E-state index contributed by atoms with van der Waals surface area (Å²) in [5.41, 5.74) is 1.65. The van der Waals surface area contributed by atoms with Crippen molar-refractivity contribution in [2.75, 3.05) is 24.3 Å². The van der Waals surface area contributed by atoms with Crippen LogP contribution in [0, 0.1) is 11.3 Å². The van der Waals surface area contributed by atoms with Crippen molar-refractivity contribution in [3.05, 3.63) is 41.7 Å². The fraction of sp³-hybridized carbons (Fsp3) is 0.312. The van der Waals surface area contributed by atoms with E-state index in [1.807, 2.05) is 49.3 Å². The number of nitrogens with zero attached hydrogens (tertiary/aromatic N) is 4. The largest absolute Gasteiger partial charge is 0.373 e. The molecule has 2 aromatic rings. The lowest BCUT2D eigenvalue weighted by Crippen LogP contribution is -2.13. The molecule has 1 aliphatic carbocycles. The molecule has 0 radical (unpaired) electrons. The summed E-state index contributed by atoms with van der Waals surface area (Å²) in [7, 11) is 3.84. The topological polar surface area (TPSA) is 64.8 Å².